The van der Waals surface area contributed by atoms with Gasteiger partial charge in [-0.15, -0.1) is 22.7 Å². The Morgan fingerprint density at radius 1 is 1.32 bits per heavy atom. The molecule has 0 atom stereocenters. The maximum atomic E-state index is 5.94. The summed E-state index contributed by atoms with van der Waals surface area (Å²) in [6, 6.07) is 6.13. The second kappa shape index (κ2) is 5.45. The lowest BCUT2D eigenvalue weighted by Crippen LogP contribution is -1.96. The normalized spacial score (nSPS) is 11.1. The van der Waals surface area contributed by atoms with E-state index in [0.717, 1.165) is 21.5 Å². The van der Waals surface area contributed by atoms with Gasteiger partial charge in [0.05, 0.1) is 5.39 Å². The van der Waals surface area contributed by atoms with E-state index < -0.39 is 0 Å². The number of fused-ring (bicyclic) bond motifs is 1. The molecule has 19 heavy (non-hydrogen) atoms. The summed E-state index contributed by atoms with van der Waals surface area (Å²) in [5.74, 6) is 0.569. The fourth-order valence-electron chi connectivity index (χ4n) is 1.74. The van der Waals surface area contributed by atoms with Crippen molar-refractivity contribution >= 4 is 44.5 Å². The van der Waals surface area contributed by atoms with Crippen molar-refractivity contribution in [3.63, 3.8) is 0 Å². The second-order valence-electron chi connectivity index (χ2n) is 3.95. The van der Waals surface area contributed by atoms with Crippen LogP contribution in [-0.2, 0) is 13.0 Å². The molecule has 0 N–H and O–H groups in total. The number of ether oxygens (including phenoxy) is 1. The van der Waals surface area contributed by atoms with E-state index in [0.29, 0.717) is 12.5 Å². The van der Waals surface area contributed by atoms with Gasteiger partial charge in [0.1, 0.15) is 11.4 Å². The molecule has 3 aromatic heterocycles. The monoisotopic (exact) mass is 310 g/mol. The Labute approximate surface area is 123 Å². The molecule has 98 valence electrons. The average Bonchev–Trinajstić information content (AvgIpc) is 3.04. The number of halogens is 1. The van der Waals surface area contributed by atoms with Gasteiger partial charge in [0, 0.05) is 9.75 Å². The maximum absolute atomic E-state index is 5.94. The van der Waals surface area contributed by atoms with E-state index in [1.54, 1.807) is 22.7 Å². The van der Waals surface area contributed by atoms with E-state index >= 15 is 0 Å². The minimum Gasteiger partial charge on any atom is -0.471 e. The van der Waals surface area contributed by atoms with Gasteiger partial charge < -0.3 is 4.74 Å². The van der Waals surface area contributed by atoms with Gasteiger partial charge in [0.2, 0.25) is 11.2 Å². The topological polar surface area (TPSA) is 35.0 Å². The zero-order valence-electron chi connectivity index (χ0n) is 10.2. The lowest BCUT2D eigenvalue weighted by Gasteiger charge is -2.04. The molecule has 0 saturated heterocycles. The van der Waals surface area contributed by atoms with Crippen LogP contribution < -0.4 is 4.74 Å². The van der Waals surface area contributed by atoms with Gasteiger partial charge >= 0.3 is 0 Å². The van der Waals surface area contributed by atoms with Gasteiger partial charge in [0.25, 0.3) is 0 Å². The molecule has 3 aromatic rings. The Morgan fingerprint density at radius 2 is 2.21 bits per heavy atom. The smallest absolute Gasteiger partial charge is 0.227 e. The van der Waals surface area contributed by atoms with Gasteiger partial charge in [-0.25, -0.2) is 4.98 Å². The van der Waals surface area contributed by atoms with Crippen LogP contribution in [0, 0.1) is 0 Å². The van der Waals surface area contributed by atoms with Gasteiger partial charge in [-0.05, 0) is 35.5 Å². The highest BCUT2D eigenvalue weighted by Gasteiger charge is 2.12. The molecule has 0 radical (unpaired) electrons. The highest BCUT2D eigenvalue weighted by molar-refractivity contribution is 7.18. The molecule has 0 saturated carbocycles. The van der Waals surface area contributed by atoms with Crippen molar-refractivity contribution in [1.82, 2.24) is 9.97 Å². The van der Waals surface area contributed by atoms with Crippen LogP contribution in [0.3, 0.4) is 0 Å². The molecule has 0 fully saturated rings. The standard InChI is InChI=1S/C13H11ClN2OS2/c1-2-8-6-10-11(15-13(14)16-12(10)19-8)17-7-9-4-3-5-18-9/h3-6H,2,7H2,1H3. The molecule has 3 nitrogen and oxygen atoms in total. The molecule has 6 heteroatoms. The van der Waals surface area contributed by atoms with Crippen LogP contribution in [-0.4, -0.2) is 9.97 Å². The lowest BCUT2D eigenvalue weighted by atomic mass is 10.3. The molecular formula is C13H11ClN2OS2. The number of hydrogen-bond donors (Lipinski definition) is 0. The Balaban J connectivity index is 1.94. The summed E-state index contributed by atoms with van der Waals surface area (Å²) in [4.78, 5) is 11.7. The van der Waals surface area contributed by atoms with Crippen molar-refractivity contribution in [2.75, 3.05) is 0 Å². The van der Waals surface area contributed by atoms with E-state index in [-0.39, 0.29) is 5.28 Å². The van der Waals surface area contributed by atoms with Crippen LogP contribution in [0.2, 0.25) is 5.28 Å². The molecule has 0 aliphatic rings. The number of rotatable bonds is 4. The van der Waals surface area contributed by atoms with Crippen molar-refractivity contribution < 1.29 is 4.74 Å². The first-order chi connectivity index (χ1) is 9.26. The first kappa shape index (κ1) is 12.8. The fraction of sp³-hybridized carbons (Fsp3) is 0.231. The summed E-state index contributed by atoms with van der Waals surface area (Å²) in [7, 11) is 0. The molecule has 0 spiro atoms. The number of thiophene rings is 2. The number of aryl methyl sites for hydroxylation is 1. The maximum Gasteiger partial charge on any atom is 0.227 e. The molecule has 0 bridgehead atoms. The molecule has 0 aromatic carbocycles. The van der Waals surface area contributed by atoms with E-state index in [2.05, 4.69) is 23.0 Å². The first-order valence-electron chi connectivity index (χ1n) is 5.87. The third-order valence-corrected chi connectivity index (χ3v) is 4.85. The molecule has 3 heterocycles. The van der Waals surface area contributed by atoms with E-state index in [1.165, 1.54) is 4.88 Å². The summed E-state index contributed by atoms with van der Waals surface area (Å²) < 4.78 is 5.78. The number of aromatic nitrogens is 2. The zero-order chi connectivity index (χ0) is 13.2. The van der Waals surface area contributed by atoms with Crippen molar-refractivity contribution in [3.8, 4) is 5.88 Å². The van der Waals surface area contributed by atoms with Gasteiger partial charge in [-0.3, -0.25) is 0 Å². The Bertz CT molecular complexity index is 694. The van der Waals surface area contributed by atoms with Crippen LogP contribution >= 0.6 is 34.3 Å². The number of nitrogens with zero attached hydrogens (tertiary/aromatic N) is 2. The summed E-state index contributed by atoms with van der Waals surface area (Å²) in [5, 5.41) is 3.21. The molecule has 0 amide bonds. The summed E-state index contributed by atoms with van der Waals surface area (Å²) in [6.07, 6.45) is 0.975. The van der Waals surface area contributed by atoms with E-state index in [9.17, 15) is 0 Å². The molecule has 0 aliphatic heterocycles. The van der Waals surface area contributed by atoms with Crippen molar-refractivity contribution in [2.45, 2.75) is 20.0 Å². The van der Waals surface area contributed by atoms with Crippen molar-refractivity contribution in [1.29, 1.82) is 0 Å². The van der Waals surface area contributed by atoms with Crippen LogP contribution in [0.4, 0.5) is 0 Å². The molecule has 0 aliphatic carbocycles. The highest BCUT2D eigenvalue weighted by atomic mass is 35.5. The van der Waals surface area contributed by atoms with Crippen molar-refractivity contribution in [2.24, 2.45) is 0 Å². The zero-order valence-corrected chi connectivity index (χ0v) is 12.6. The minimum atomic E-state index is 0.234. The van der Waals surface area contributed by atoms with Gasteiger partial charge in [0.15, 0.2) is 0 Å². The molecule has 3 rings (SSSR count). The summed E-state index contributed by atoms with van der Waals surface area (Å²) >= 11 is 9.24. The third kappa shape index (κ3) is 2.73. The van der Waals surface area contributed by atoms with Crippen LogP contribution in [0.5, 0.6) is 5.88 Å². The van der Waals surface area contributed by atoms with Crippen molar-refractivity contribution in [3.05, 3.63) is 38.6 Å². The highest BCUT2D eigenvalue weighted by Crippen LogP contribution is 2.32. The molecule has 0 unspecified atom stereocenters. The molecular weight excluding hydrogens is 300 g/mol. The minimum absolute atomic E-state index is 0.234. The predicted octanol–water partition coefficient (Wildman–Crippen LogP) is 4.55. The van der Waals surface area contributed by atoms with E-state index in [4.69, 9.17) is 16.3 Å². The third-order valence-electron chi connectivity index (χ3n) is 2.66. The largest absolute Gasteiger partial charge is 0.471 e. The summed E-state index contributed by atoms with van der Waals surface area (Å²) in [5.41, 5.74) is 0. The predicted molar refractivity (Wildman–Crippen MR) is 80.5 cm³/mol. The van der Waals surface area contributed by atoms with Crippen LogP contribution in [0.1, 0.15) is 16.7 Å². The SMILES string of the molecule is CCc1cc2c(OCc3cccs3)nc(Cl)nc2s1. The van der Waals surface area contributed by atoms with Gasteiger partial charge in [-0.2, -0.15) is 4.98 Å². The number of hydrogen-bond acceptors (Lipinski definition) is 5. The Kier molecular flexibility index (Phi) is 3.68. The first-order valence-corrected chi connectivity index (χ1v) is 7.95. The van der Waals surface area contributed by atoms with Crippen LogP contribution in [0.25, 0.3) is 10.2 Å². The Morgan fingerprint density at radius 3 is 2.95 bits per heavy atom. The van der Waals surface area contributed by atoms with Gasteiger partial charge in [-0.1, -0.05) is 13.0 Å². The Hall–Kier alpha value is -1.17. The second-order valence-corrected chi connectivity index (χ2v) is 6.44. The van der Waals surface area contributed by atoms with Crippen LogP contribution in [0.15, 0.2) is 23.6 Å². The van der Waals surface area contributed by atoms with E-state index in [1.807, 2.05) is 17.5 Å². The average molecular weight is 311 g/mol. The summed E-state index contributed by atoms with van der Waals surface area (Å²) in [6.45, 7) is 2.63. The quantitative estimate of drug-likeness (QED) is 0.663. The lowest BCUT2D eigenvalue weighted by molar-refractivity contribution is 0.301. The fourth-order valence-corrected chi connectivity index (χ4v) is 3.52.